The lowest BCUT2D eigenvalue weighted by atomic mass is 10.0. The van der Waals surface area contributed by atoms with E-state index in [-0.39, 0.29) is 16.8 Å². The average molecular weight is 403 g/mol. The van der Waals surface area contributed by atoms with Crippen LogP contribution in [-0.4, -0.2) is 10.9 Å². The van der Waals surface area contributed by atoms with Crippen molar-refractivity contribution in [2.45, 2.75) is 12.3 Å². The van der Waals surface area contributed by atoms with Crippen molar-refractivity contribution < 1.29 is 22.4 Å². The number of alkyl halides is 3. The highest BCUT2D eigenvalue weighted by atomic mass is 19.4. The van der Waals surface area contributed by atoms with Crippen LogP contribution in [0.2, 0.25) is 0 Å². The molecule has 1 aliphatic heterocycles. The number of carbonyl (C=O) groups excluding carboxylic acids is 1. The van der Waals surface area contributed by atoms with Crippen LogP contribution in [0.25, 0.3) is 0 Å². The van der Waals surface area contributed by atoms with Crippen LogP contribution in [0.1, 0.15) is 27.7 Å². The molecule has 0 radical (unpaired) electrons. The maximum absolute atomic E-state index is 13.8. The molecule has 1 aliphatic rings. The molecule has 29 heavy (non-hydrogen) atoms. The lowest BCUT2D eigenvalue weighted by Gasteiger charge is -2.38. The molecule has 1 unspecified atom stereocenters. The normalized spacial score (nSPS) is 16.3. The van der Waals surface area contributed by atoms with Crippen LogP contribution in [0.3, 0.4) is 0 Å². The van der Waals surface area contributed by atoms with Crippen molar-refractivity contribution in [2.75, 3.05) is 10.2 Å². The van der Waals surface area contributed by atoms with E-state index in [9.17, 15) is 27.2 Å². The summed E-state index contributed by atoms with van der Waals surface area (Å²) in [6.07, 6.45) is -4.47. The molecule has 1 aromatic heterocycles. The number of para-hydroxylation sites is 1. The summed E-state index contributed by atoms with van der Waals surface area (Å²) < 4.78 is 53.3. The Morgan fingerprint density at radius 3 is 2.41 bits per heavy atom. The second kappa shape index (κ2) is 6.77. The molecule has 0 spiro atoms. The highest BCUT2D eigenvalue weighted by Gasteiger charge is 2.38. The molecular weight excluding hydrogens is 390 g/mol. The van der Waals surface area contributed by atoms with Gasteiger partial charge >= 0.3 is 6.18 Å². The fourth-order valence-corrected chi connectivity index (χ4v) is 3.23. The van der Waals surface area contributed by atoms with Crippen molar-refractivity contribution in [2.24, 2.45) is 0 Å². The molecule has 2 N–H and O–H groups in total. The number of aromatic amines is 1. The zero-order valence-electron chi connectivity index (χ0n) is 14.6. The van der Waals surface area contributed by atoms with Crippen LogP contribution in [0.5, 0.6) is 0 Å². The number of nitrogens with one attached hydrogen (secondary N) is 2. The summed E-state index contributed by atoms with van der Waals surface area (Å²) in [6.45, 7) is 0. The minimum absolute atomic E-state index is 0.137. The van der Waals surface area contributed by atoms with Crippen molar-refractivity contribution in [3.05, 3.63) is 93.7 Å². The van der Waals surface area contributed by atoms with Gasteiger partial charge < -0.3 is 10.3 Å². The lowest BCUT2D eigenvalue weighted by molar-refractivity contribution is -0.139. The van der Waals surface area contributed by atoms with Crippen molar-refractivity contribution in [1.29, 1.82) is 0 Å². The standard InChI is InChI=1S/C20H13F4N3O2/c21-15-7-6-12(9-14(15)20(22,23)24)27-18(11-5-8-17(28)25-10-11)26-16-4-2-1-3-13(16)19(27)29/h1-10,18,26H,(H,25,28). The number of carbonyl (C=O) groups is 1. The minimum atomic E-state index is -4.92. The number of rotatable bonds is 2. The maximum Gasteiger partial charge on any atom is 0.419 e. The Morgan fingerprint density at radius 2 is 1.72 bits per heavy atom. The summed E-state index contributed by atoms with van der Waals surface area (Å²) >= 11 is 0. The number of nitrogens with zero attached hydrogens (tertiary/aromatic N) is 1. The Balaban J connectivity index is 1.89. The summed E-state index contributed by atoms with van der Waals surface area (Å²) in [4.78, 5) is 28.1. The Kier molecular flexibility index (Phi) is 4.37. The van der Waals surface area contributed by atoms with Crippen molar-refractivity contribution in [3.63, 3.8) is 0 Å². The monoisotopic (exact) mass is 403 g/mol. The van der Waals surface area contributed by atoms with Gasteiger partial charge in [0, 0.05) is 29.2 Å². The van der Waals surface area contributed by atoms with E-state index in [0.717, 1.165) is 11.0 Å². The molecule has 0 saturated carbocycles. The molecule has 0 aliphatic carbocycles. The average Bonchev–Trinajstić information content (AvgIpc) is 2.68. The molecule has 4 rings (SSSR count). The molecule has 1 amide bonds. The lowest BCUT2D eigenvalue weighted by Crippen LogP contribution is -2.43. The van der Waals surface area contributed by atoms with Gasteiger partial charge in [0.05, 0.1) is 11.1 Å². The van der Waals surface area contributed by atoms with Crippen molar-refractivity contribution in [3.8, 4) is 0 Å². The zero-order chi connectivity index (χ0) is 20.8. The summed E-state index contributed by atoms with van der Waals surface area (Å²) in [5.74, 6) is -1.99. The van der Waals surface area contributed by atoms with E-state index in [1.807, 2.05) is 0 Å². The molecule has 2 heterocycles. The number of H-pyrrole nitrogens is 1. The van der Waals surface area contributed by atoms with Gasteiger partial charge in [-0.25, -0.2) is 4.39 Å². The SMILES string of the molecule is O=C1c2ccccc2NC(c2ccc(=O)[nH]c2)N1c1ccc(F)c(C(F)(F)F)c1. The predicted molar refractivity (Wildman–Crippen MR) is 98.1 cm³/mol. The molecule has 9 heteroatoms. The minimum Gasteiger partial charge on any atom is -0.360 e. The number of hydrogen-bond donors (Lipinski definition) is 2. The second-order valence-corrected chi connectivity index (χ2v) is 6.42. The largest absolute Gasteiger partial charge is 0.419 e. The third kappa shape index (κ3) is 3.35. The van der Waals surface area contributed by atoms with Crippen LogP contribution in [-0.2, 0) is 6.18 Å². The number of hydrogen-bond acceptors (Lipinski definition) is 3. The highest BCUT2D eigenvalue weighted by Crippen LogP contribution is 2.39. The van der Waals surface area contributed by atoms with E-state index in [1.54, 1.807) is 18.2 Å². The fraction of sp³-hybridized carbons (Fsp3) is 0.100. The van der Waals surface area contributed by atoms with Crippen LogP contribution in [0.15, 0.2) is 65.6 Å². The first-order chi connectivity index (χ1) is 13.8. The zero-order valence-corrected chi connectivity index (χ0v) is 14.6. The molecule has 0 bridgehead atoms. The second-order valence-electron chi connectivity index (χ2n) is 6.42. The topological polar surface area (TPSA) is 65.2 Å². The number of amides is 1. The van der Waals surface area contributed by atoms with Crippen LogP contribution in [0.4, 0.5) is 28.9 Å². The van der Waals surface area contributed by atoms with Crippen LogP contribution in [0, 0.1) is 5.82 Å². The number of anilines is 2. The van der Waals surface area contributed by atoms with E-state index in [2.05, 4.69) is 10.3 Å². The molecule has 5 nitrogen and oxygen atoms in total. The summed E-state index contributed by atoms with van der Waals surface area (Å²) in [7, 11) is 0. The van der Waals surface area contributed by atoms with Gasteiger partial charge in [0.25, 0.3) is 5.91 Å². The van der Waals surface area contributed by atoms with Gasteiger partial charge in [0.1, 0.15) is 12.0 Å². The first kappa shape index (κ1) is 18.7. The number of pyridine rings is 1. The summed E-state index contributed by atoms with van der Waals surface area (Å²) in [6, 6.07) is 11.6. The van der Waals surface area contributed by atoms with E-state index in [0.29, 0.717) is 23.4 Å². The molecule has 148 valence electrons. The molecule has 3 aromatic rings. The van der Waals surface area contributed by atoms with E-state index >= 15 is 0 Å². The quantitative estimate of drug-likeness (QED) is 0.627. The number of halogens is 4. The van der Waals surface area contributed by atoms with Crippen molar-refractivity contribution in [1.82, 2.24) is 4.98 Å². The Labute approximate surface area is 161 Å². The maximum atomic E-state index is 13.8. The van der Waals surface area contributed by atoms with E-state index in [1.165, 1.54) is 24.4 Å². The number of aromatic nitrogens is 1. The fourth-order valence-electron chi connectivity index (χ4n) is 3.23. The summed E-state index contributed by atoms with van der Waals surface area (Å²) in [5, 5.41) is 3.09. The van der Waals surface area contributed by atoms with Gasteiger partial charge in [-0.3, -0.25) is 14.5 Å². The van der Waals surface area contributed by atoms with Gasteiger partial charge in [-0.1, -0.05) is 12.1 Å². The third-order valence-electron chi connectivity index (χ3n) is 4.58. The molecule has 1 atom stereocenters. The molecule has 0 saturated heterocycles. The van der Waals surface area contributed by atoms with Crippen molar-refractivity contribution >= 4 is 17.3 Å². The third-order valence-corrected chi connectivity index (χ3v) is 4.58. The Bertz CT molecular complexity index is 1140. The van der Waals surface area contributed by atoms with Gasteiger partial charge in [0.15, 0.2) is 0 Å². The number of benzene rings is 2. The van der Waals surface area contributed by atoms with E-state index in [4.69, 9.17) is 0 Å². The van der Waals surface area contributed by atoms with Gasteiger partial charge in [0.2, 0.25) is 5.56 Å². The molecule has 0 fully saturated rings. The van der Waals surface area contributed by atoms with Crippen LogP contribution < -0.4 is 15.8 Å². The van der Waals surface area contributed by atoms with Gasteiger partial charge in [-0.05, 0) is 36.4 Å². The Hall–Kier alpha value is -3.62. The smallest absolute Gasteiger partial charge is 0.360 e. The first-order valence-electron chi connectivity index (χ1n) is 8.50. The molecular formula is C20H13F4N3O2. The van der Waals surface area contributed by atoms with Crippen LogP contribution >= 0.6 is 0 Å². The van der Waals surface area contributed by atoms with Gasteiger partial charge in [-0.2, -0.15) is 13.2 Å². The molecule has 2 aromatic carbocycles. The highest BCUT2D eigenvalue weighted by molar-refractivity contribution is 6.12. The first-order valence-corrected chi connectivity index (χ1v) is 8.50. The predicted octanol–water partition coefficient (Wildman–Crippen LogP) is 4.30. The van der Waals surface area contributed by atoms with E-state index < -0.39 is 29.6 Å². The van der Waals surface area contributed by atoms with Gasteiger partial charge in [-0.15, -0.1) is 0 Å². The Morgan fingerprint density at radius 1 is 0.966 bits per heavy atom. The number of fused-ring (bicyclic) bond motifs is 1. The summed E-state index contributed by atoms with van der Waals surface area (Å²) in [5.41, 5.74) is -0.799.